The van der Waals surface area contributed by atoms with E-state index in [1.807, 2.05) is 4.90 Å². The number of hydrogen-bond donors (Lipinski definition) is 1. The lowest BCUT2D eigenvalue weighted by Crippen LogP contribution is -2.34. The molecule has 0 N–H and O–H groups in total. The van der Waals surface area contributed by atoms with Gasteiger partial charge in [-0.15, -0.1) is 12.6 Å². The average molecular weight is 363 g/mol. The molecule has 0 bridgehead atoms. The summed E-state index contributed by atoms with van der Waals surface area (Å²) >= 11 is 4.31. The van der Waals surface area contributed by atoms with E-state index in [2.05, 4.69) is 12.6 Å². The molecule has 0 aromatic heterocycles. The predicted molar refractivity (Wildman–Crippen MR) is 100 cm³/mol. The molecule has 1 aliphatic rings. The smallest absolute Gasteiger partial charge is 0.428 e. The fraction of sp³-hybridized carbons (Fsp3) is 0.474. The van der Waals surface area contributed by atoms with Crippen LogP contribution in [0, 0.1) is 0 Å². The third kappa shape index (κ3) is 6.46. The fourth-order valence-electron chi connectivity index (χ4n) is 2.50. The van der Waals surface area contributed by atoms with Crippen molar-refractivity contribution in [2.24, 2.45) is 0 Å². The van der Waals surface area contributed by atoms with E-state index in [0.717, 1.165) is 25.9 Å². The lowest BCUT2D eigenvalue weighted by Gasteiger charge is -2.25. The van der Waals surface area contributed by atoms with Crippen molar-refractivity contribution in [1.29, 1.82) is 0 Å². The number of hydrogen-bond acceptors (Lipinski definition) is 5. The molecule has 2 rings (SSSR count). The molecule has 6 heteroatoms. The fourth-order valence-corrected chi connectivity index (χ4v) is 2.71. The summed E-state index contributed by atoms with van der Waals surface area (Å²) in [7, 11) is 0. The van der Waals surface area contributed by atoms with Gasteiger partial charge in [-0.2, -0.15) is 0 Å². The summed E-state index contributed by atoms with van der Waals surface area (Å²) in [6.07, 6.45) is 5.63. The van der Waals surface area contributed by atoms with Crippen LogP contribution >= 0.6 is 12.6 Å². The molecular weight excluding hydrogens is 338 g/mol. The third-order valence-corrected chi connectivity index (χ3v) is 3.93. The third-order valence-electron chi connectivity index (χ3n) is 3.65. The van der Waals surface area contributed by atoms with Crippen molar-refractivity contribution >= 4 is 30.8 Å². The number of amides is 1. The van der Waals surface area contributed by atoms with Crippen LogP contribution < -0.4 is 4.74 Å². The largest absolute Gasteiger partial charge is 0.514 e. The van der Waals surface area contributed by atoms with Crippen LogP contribution in [-0.2, 0) is 9.53 Å². The maximum absolute atomic E-state index is 12.3. The number of ether oxygens (including phenoxy) is 2. The van der Waals surface area contributed by atoms with Gasteiger partial charge < -0.3 is 14.4 Å². The molecule has 0 spiro atoms. The Morgan fingerprint density at radius 3 is 2.48 bits per heavy atom. The SMILES string of the molecule is CC(C)(C)OC(=O)Oc1ccc(S)cc1/C=C/C(=O)N1CCCCC1. The topological polar surface area (TPSA) is 55.8 Å². The lowest BCUT2D eigenvalue weighted by atomic mass is 10.1. The van der Waals surface area contributed by atoms with Gasteiger partial charge in [-0.3, -0.25) is 4.79 Å². The van der Waals surface area contributed by atoms with E-state index in [0.29, 0.717) is 16.2 Å². The Labute approximate surface area is 154 Å². The summed E-state index contributed by atoms with van der Waals surface area (Å²) in [5.74, 6) is 0.294. The van der Waals surface area contributed by atoms with Crippen molar-refractivity contribution in [1.82, 2.24) is 4.90 Å². The van der Waals surface area contributed by atoms with E-state index >= 15 is 0 Å². The molecule has 0 atom stereocenters. The van der Waals surface area contributed by atoms with E-state index in [1.165, 1.54) is 12.5 Å². The van der Waals surface area contributed by atoms with E-state index < -0.39 is 11.8 Å². The molecule has 1 aliphatic heterocycles. The number of carbonyl (C=O) groups is 2. The molecule has 1 amide bonds. The molecule has 1 aromatic rings. The summed E-state index contributed by atoms with van der Waals surface area (Å²) in [4.78, 5) is 26.7. The second kappa shape index (κ2) is 8.43. The van der Waals surface area contributed by atoms with E-state index in [-0.39, 0.29) is 5.91 Å². The monoisotopic (exact) mass is 363 g/mol. The van der Waals surface area contributed by atoms with Gasteiger partial charge in [0.15, 0.2) is 0 Å². The number of nitrogens with zero attached hydrogens (tertiary/aromatic N) is 1. The zero-order valence-corrected chi connectivity index (χ0v) is 15.8. The van der Waals surface area contributed by atoms with Crippen molar-refractivity contribution in [3.63, 3.8) is 0 Å². The summed E-state index contributed by atoms with van der Waals surface area (Å²) in [5.41, 5.74) is -0.0374. The molecule has 0 saturated carbocycles. The number of rotatable bonds is 3. The second-order valence-corrected chi connectivity index (χ2v) is 7.52. The Hall–Kier alpha value is -1.95. The van der Waals surface area contributed by atoms with Crippen molar-refractivity contribution in [3.8, 4) is 5.75 Å². The molecule has 1 aromatic carbocycles. The minimum absolute atomic E-state index is 0.0347. The Bertz CT molecular complexity index is 658. The zero-order valence-electron chi connectivity index (χ0n) is 14.9. The molecule has 0 unspecified atom stereocenters. The molecule has 0 aliphatic carbocycles. The molecule has 136 valence electrons. The molecule has 0 radical (unpaired) electrons. The van der Waals surface area contributed by atoms with Crippen LogP contribution in [0.25, 0.3) is 6.08 Å². The van der Waals surface area contributed by atoms with Crippen molar-refractivity contribution in [2.75, 3.05) is 13.1 Å². The predicted octanol–water partition coefficient (Wildman–Crippen LogP) is 4.31. The van der Waals surface area contributed by atoms with Gasteiger partial charge >= 0.3 is 6.16 Å². The summed E-state index contributed by atoms with van der Waals surface area (Å²) in [5, 5.41) is 0. The standard InChI is InChI=1S/C19H25NO4S/c1-19(2,3)24-18(22)23-16-9-8-15(25)13-14(16)7-10-17(21)20-11-5-4-6-12-20/h7-10,13,25H,4-6,11-12H2,1-3H3/b10-7+. The number of benzene rings is 1. The normalized spacial score (nSPS) is 15.3. The number of piperidine rings is 1. The number of thiol groups is 1. The van der Waals surface area contributed by atoms with Gasteiger partial charge in [0.05, 0.1) is 0 Å². The maximum atomic E-state index is 12.3. The van der Waals surface area contributed by atoms with Gasteiger partial charge in [-0.25, -0.2) is 4.79 Å². The van der Waals surface area contributed by atoms with Crippen molar-refractivity contribution in [2.45, 2.75) is 50.5 Å². The molecule has 25 heavy (non-hydrogen) atoms. The number of carbonyl (C=O) groups excluding carboxylic acids is 2. The summed E-state index contributed by atoms with van der Waals surface area (Å²) in [6.45, 7) is 6.88. The Morgan fingerprint density at radius 2 is 1.84 bits per heavy atom. The van der Waals surface area contributed by atoms with Crippen LogP contribution in [0.15, 0.2) is 29.2 Å². The lowest BCUT2D eigenvalue weighted by molar-refractivity contribution is -0.126. The maximum Gasteiger partial charge on any atom is 0.514 e. The molecular formula is C19H25NO4S. The second-order valence-electron chi connectivity index (χ2n) is 7.01. The van der Waals surface area contributed by atoms with Crippen molar-refractivity contribution < 1.29 is 19.1 Å². The van der Waals surface area contributed by atoms with Gasteiger partial charge in [0, 0.05) is 29.6 Å². The quantitative estimate of drug-likeness (QED) is 0.376. The Balaban J connectivity index is 2.11. The van der Waals surface area contributed by atoms with Crippen LogP contribution in [-0.4, -0.2) is 35.7 Å². The first-order chi connectivity index (χ1) is 11.7. The van der Waals surface area contributed by atoms with Gasteiger partial charge in [0.25, 0.3) is 0 Å². The molecule has 1 fully saturated rings. The Kier molecular flexibility index (Phi) is 6.53. The van der Waals surface area contributed by atoms with Crippen LogP contribution in [0.3, 0.4) is 0 Å². The first kappa shape index (κ1) is 19.4. The highest BCUT2D eigenvalue weighted by Crippen LogP contribution is 2.25. The average Bonchev–Trinajstić information content (AvgIpc) is 2.54. The minimum atomic E-state index is -0.781. The van der Waals surface area contributed by atoms with Crippen molar-refractivity contribution in [3.05, 3.63) is 29.8 Å². The first-order valence-electron chi connectivity index (χ1n) is 8.45. The summed E-state index contributed by atoms with van der Waals surface area (Å²) in [6, 6.07) is 5.09. The summed E-state index contributed by atoms with van der Waals surface area (Å²) < 4.78 is 10.5. The van der Waals surface area contributed by atoms with E-state index in [1.54, 1.807) is 45.0 Å². The first-order valence-corrected chi connectivity index (χ1v) is 8.90. The number of likely N-dealkylation sites (tertiary alicyclic amines) is 1. The van der Waals surface area contributed by atoms with Gasteiger partial charge in [0.2, 0.25) is 5.91 Å². The van der Waals surface area contributed by atoms with Crippen LogP contribution in [0.5, 0.6) is 5.75 Å². The van der Waals surface area contributed by atoms with Gasteiger partial charge in [-0.05, 0) is 64.3 Å². The molecule has 1 saturated heterocycles. The van der Waals surface area contributed by atoms with Crippen LogP contribution in [0.2, 0.25) is 0 Å². The van der Waals surface area contributed by atoms with E-state index in [9.17, 15) is 9.59 Å². The highest BCUT2D eigenvalue weighted by molar-refractivity contribution is 7.80. The van der Waals surface area contributed by atoms with Gasteiger partial charge in [0.1, 0.15) is 11.4 Å². The highest BCUT2D eigenvalue weighted by atomic mass is 32.1. The highest BCUT2D eigenvalue weighted by Gasteiger charge is 2.19. The molecule has 5 nitrogen and oxygen atoms in total. The van der Waals surface area contributed by atoms with E-state index in [4.69, 9.17) is 9.47 Å². The van der Waals surface area contributed by atoms with Crippen LogP contribution in [0.4, 0.5) is 4.79 Å². The Morgan fingerprint density at radius 1 is 1.16 bits per heavy atom. The minimum Gasteiger partial charge on any atom is -0.428 e. The van der Waals surface area contributed by atoms with Gasteiger partial charge in [-0.1, -0.05) is 0 Å². The zero-order chi connectivity index (χ0) is 18.4. The van der Waals surface area contributed by atoms with Crippen LogP contribution in [0.1, 0.15) is 45.6 Å². The molecule has 1 heterocycles.